The van der Waals surface area contributed by atoms with Crippen LogP contribution < -0.4 is 5.73 Å². The molecule has 0 aromatic carbocycles. The Balaban J connectivity index is 1.99. The van der Waals surface area contributed by atoms with Crippen LogP contribution in [0.15, 0.2) is 12.3 Å². The standard InChI is InChI=1S/C13H20N2/c1-9-7-10(2)13(15-8-9)12(14)6-5-11-3-4-11/h7-8,11-12H,3-6,14H2,1-2H3. The summed E-state index contributed by atoms with van der Waals surface area (Å²) in [6.45, 7) is 4.17. The molecule has 1 atom stereocenters. The average Bonchev–Trinajstić information content (AvgIpc) is 2.97. The molecule has 1 saturated carbocycles. The summed E-state index contributed by atoms with van der Waals surface area (Å²) in [5.41, 5.74) is 9.69. The molecule has 1 fully saturated rings. The highest BCUT2D eigenvalue weighted by molar-refractivity contribution is 5.25. The highest BCUT2D eigenvalue weighted by atomic mass is 14.8. The first-order valence-electron chi connectivity index (χ1n) is 5.85. The summed E-state index contributed by atoms with van der Waals surface area (Å²) in [6.07, 6.45) is 7.09. The van der Waals surface area contributed by atoms with Crippen molar-refractivity contribution in [2.24, 2.45) is 11.7 Å². The molecule has 15 heavy (non-hydrogen) atoms. The highest BCUT2D eigenvalue weighted by Gasteiger charge is 2.22. The van der Waals surface area contributed by atoms with E-state index in [1.54, 1.807) is 0 Å². The lowest BCUT2D eigenvalue weighted by Gasteiger charge is -2.13. The van der Waals surface area contributed by atoms with Crippen molar-refractivity contribution >= 4 is 0 Å². The van der Waals surface area contributed by atoms with Crippen molar-refractivity contribution in [3.05, 3.63) is 29.1 Å². The van der Waals surface area contributed by atoms with Crippen LogP contribution in [0.5, 0.6) is 0 Å². The van der Waals surface area contributed by atoms with Gasteiger partial charge in [0.2, 0.25) is 0 Å². The Bertz CT molecular complexity index is 342. The van der Waals surface area contributed by atoms with Gasteiger partial charge >= 0.3 is 0 Å². The number of hydrogen-bond acceptors (Lipinski definition) is 2. The van der Waals surface area contributed by atoms with E-state index < -0.39 is 0 Å². The Kier molecular flexibility index (Phi) is 3.06. The van der Waals surface area contributed by atoms with Gasteiger partial charge in [0.1, 0.15) is 0 Å². The molecule has 1 aliphatic rings. The van der Waals surface area contributed by atoms with Crippen LogP contribution in [0.2, 0.25) is 0 Å². The van der Waals surface area contributed by atoms with Gasteiger partial charge in [-0.25, -0.2) is 0 Å². The van der Waals surface area contributed by atoms with E-state index in [0.29, 0.717) is 0 Å². The lowest BCUT2D eigenvalue weighted by atomic mass is 10.0. The second-order valence-corrected chi connectivity index (χ2v) is 4.84. The van der Waals surface area contributed by atoms with Crippen LogP contribution in [0.25, 0.3) is 0 Å². The summed E-state index contributed by atoms with van der Waals surface area (Å²) >= 11 is 0. The van der Waals surface area contributed by atoms with E-state index >= 15 is 0 Å². The molecule has 2 heteroatoms. The number of pyridine rings is 1. The van der Waals surface area contributed by atoms with Crippen LogP contribution in [0.4, 0.5) is 0 Å². The normalized spacial score (nSPS) is 17.8. The zero-order valence-corrected chi connectivity index (χ0v) is 9.66. The Labute approximate surface area is 91.9 Å². The third kappa shape index (κ3) is 2.78. The summed E-state index contributed by atoms with van der Waals surface area (Å²) in [5.74, 6) is 0.960. The molecule has 2 rings (SSSR count). The molecule has 1 unspecified atom stereocenters. The van der Waals surface area contributed by atoms with Gasteiger partial charge in [-0.1, -0.05) is 18.9 Å². The Hall–Kier alpha value is -0.890. The first-order chi connectivity index (χ1) is 7.16. The monoisotopic (exact) mass is 204 g/mol. The summed E-state index contributed by atoms with van der Waals surface area (Å²) in [4.78, 5) is 4.45. The van der Waals surface area contributed by atoms with Gasteiger partial charge in [-0.2, -0.15) is 0 Å². The Morgan fingerprint density at radius 3 is 2.80 bits per heavy atom. The molecule has 0 radical (unpaired) electrons. The molecule has 1 aliphatic carbocycles. The quantitative estimate of drug-likeness (QED) is 0.819. The molecule has 82 valence electrons. The van der Waals surface area contributed by atoms with Gasteiger partial charge in [0.15, 0.2) is 0 Å². The smallest absolute Gasteiger partial charge is 0.0600 e. The van der Waals surface area contributed by atoms with Crippen LogP contribution in [0.3, 0.4) is 0 Å². The number of nitrogens with two attached hydrogens (primary N) is 1. The molecule has 1 aromatic heterocycles. The fraction of sp³-hybridized carbons (Fsp3) is 0.615. The van der Waals surface area contributed by atoms with Crippen molar-refractivity contribution in [3.63, 3.8) is 0 Å². The molecule has 2 nitrogen and oxygen atoms in total. The van der Waals surface area contributed by atoms with E-state index in [0.717, 1.165) is 18.0 Å². The summed E-state index contributed by atoms with van der Waals surface area (Å²) < 4.78 is 0. The summed E-state index contributed by atoms with van der Waals surface area (Å²) in [5, 5.41) is 0. The van der Waals surface area contributed by atoms with Crippen molar-refractivity contribution in [1.82, 2.24) is 4.98 Å². The fourth-order valence-electron chi connectivity index (χ4n) is 2.07. The van der Waals surface area contributed by atoms with Crippen molar-refractivity contribution < 1.29 is 0 Å². The minimum atomic E-state index is 0.131. The second-order valence-electron chi connectivity index (χ2n) is 4.84. The Morgan fingerprint density at radius 2 is 2.20 bits per heavy atom. The van der Waals surface area contributed by atoms with Gasteiger partial charge in [-0.3, -0.25) is 4.98 Å². The van der Waals surface area contributed by atoms with E-state index in [4.69, 9.17) is 5.73 Å². The lowest BCUT2D eigenvalue weighted by Crippen LogP contribution is -2.14. The predicted octanol–water partition coefficient (Wildman–Crippen LogP) is 2.89. The van der Waals surface area contributed by atoms with E-state index in [2.05, 4.69) is 24.9 Å². The topological polar surface area (TPSA) is 38.9 Å². The minimum Gasteiger partial charge on any atom is -0.323 e. The first-order valence-corrected chi connectivity index (χ1v) is 5.85. The predicted molar refractivity (Wildman–Crippen MR) is 62.6 cm³/mol. The Morgan fingerprint density at radius 1 is 1.47 bits per heavy atom. The molecular weight excluding hydrogens is 184 g/mol. The lowest BCUT2D eigenvalue weighted by molar-refractivity contribution is 0.562. The number of hydrogen-bond donors (Lipinski definition) is 1. The van der Waals surface area contributed by atoms with Crippen LogP contribution in [0.1, 0.15) is 48.5 Å². The van der Waals surface area contributed by atoms with Crippen LogP contribution in [0, 0.1) is 19.8 Å². The van der Waals surface area contributed by atoms with Crippen LogP contribution >= 0.6 is 0 Å². The molecular formula is C13H20N2. The van der Waals surface area contributed by atoms with Gasteiger partial charge in [-0.15, -0.1) is 0 Å². The molecule has 0 amide bonds. The highest BCUT2D eigenvalue weighted by Crippen LogP contribution is 2.35. The van der Waals surface area contributed by atoms with Crippen molar-refractivity contribution in [2.75, 3.05) is 0 Å². The molecule has 0 aliphatic heterocycles. The number of rotatable bonds is 4. The number of nitrogens with zero attached hydrogens (tertiary/aromatic N) is 1. The fourth-order valence-corrected chi connectivity index (χ4v) is 2.07. The second kappa shape index (κ2) is 4.31. The maximum Gasteiger partial charge on any atom is 0.0600 e. The number of aryl methyl sites for hydroxylation is 2. The van der Waals surface area contributed by atoms with E-state index in [9.17, 15) is 0 Å². The van der Waals surface area contributed by atoms with E-state index in [-0.39, 0.29) is 6.04 Å². The molecule has 2 N–H and O–H groups in total. The van der Waals surface area contributed by atoms with Crippen LogP contribution in [-0.4, -0.2) is 4.98 Å². The van der Waals surface area contributed by atoms with E-state index in [1.807, 2.05) is 6.20 Å². The maximum atomic E-state index is 6.16. The molecule has 1 aromatic rings. The average molecular weight is 204 g/mol. The third-order valence-corrected chi connectivity index (χ3v) is 3.19. The van der Waals surface area contributed by atoms with Gasteiger partial charge in [0.25, 0.3) is 0 Å². The van der Waals surface area contributed by atoms with Gasteiger partial charge in [-0.05, 0) is 43.7 Å². The summed E-state index contributed by atoms with van der Waals surface area (Å²) in [6, 6.07) is 2.30. The van der Waals surface area contributed by atoms with Crippen molar-refractivity contribution in [2.45, 2.75) is 45.6 Å². The van der Waals surface area contributed by atoms with E-state index in [1.165, 1.54) is 30.4 Å². The third-order valence-electron chi connectivity index (χ3n) is 3.19. The molecule has 0 saturated heterocycles. The number of aromatic nitrogens is 1. The zero-order chi connectivity index (χ0) is 10.8. The van der Waals surface area contributed by atoms with Crippen molar-refractivity contribution in [1.29, 1.82) is 0 Å². The molecule has 0 bridgehead atoms. The van der Waals surface area contributed by atoms with Crippen molar-refractivity contribution in [3.8, 4) is 0 Å². The summed E-state index contributed by atoms with van der Waals surface area (Å²) in [7, 11) is 0. The van der Waals surface area contributed by atoms with Crippen LogP contribution in [-0.2, 0) is 0 Å². The largest absolute Gasteiger partial charge is 0.323 e. The van der Waals surface area contributed by atoms with Gasteiger partial charge in [0.05, 0.1) is 5.69 Å². The molecule has 1 heterocycles. The SMILES string of the molecule is Cc1cnc(C(N)CCC2CC2)c(C)c1. The first kappa shape index (κ1) is 10.6. The zero-order valence-electron chi connectivity index (χ0n) is 9.66. The minimum absolute atomic E-state index is 0.131. The molecule has 0 spiro atoms. The van der Waals surface area contributed by atoms with Gasteiger partial charge < -0.3 is 5.73 Å². The maximum absolute atomic E-state index is 6.16. The van der Waals surface area contributed by atoms with Gasteiger partial charge in [0, 0.05) is 12.2 Å².